The number of aryl methyl sites for hydroxylation is 3. The third-order valence-corrected chi connectivity index (χ3v) is 6.60. The molecule has 5 nitrogen and oxygen atoms in total. The Kier molecular flexibility index (Phi) is 4.23. The highest BCUT2D eigenvalue weighted by molar-refractivity contribution is 7.93. The maximum absolute atomic E-state index is 12.8. The lowest BCUT2D eigenvalue weighted by molar-refractivity contribution is 0.427. The summed E-state index contributed by atoms with van der Waals surface area (Å²) in [7, 11) is -3.66. The van der Waals surface area contributed by atoms with Crippen molar-refractivity contribution in [2.45, 2.75) is 32.6 Å². The first kappa shape index (κ1) is 16.7. The number of anilines is 1. The van der Waals surface area contributed by atoms with Crippen molar-refractivity contribution >= 4 is 27.0 Å². The van der Waals surface area contributed by atoms with Crippen LogP contribution in [0.2, 0.25) is 0 Å². The lowest BCUT2D eigenvalue weighted by Crippen LogP contribution is -2.13. The fourth-order valence-corrected chi connectivity index (χ4v) is 5.13. The molecule has 0 saturated heterocycles. The van der Waals surface area contributed by atoms with Gasteiger partial charge in [0.05, 0.1) is 16.3 Å². The highest BCUT2D eigenvalue weighted by Gasteiger charge is 2.23. The van der Waals surface area contributed by atoms with E-state index in [-0.39, 0.29) is 4.90 Å². The van der Waals surface area contributed by atoms with Gasteiger partial charge in [0.1, 0.15) is 4.90 Å². The first-order valence-corrected chi connectivity index (χ1v) is 9.71. The van der Waals surface area contributed by atoms with Gasteiger partial charge in [-0.3, -0.25) is 4.72 Å². The van der Waals surface area contributed by atoms with Gasteiger partial charge in [0.25, 0.3) is 10.0 Å². The molecule has 0 saturated carbocycles. The maximum Gasteiger partial charge on any atom is 0.263 e. The van der Waals surface area contributed by atoms with Gasteiger partial charge < -0.3 is 4.52 Å². The van der Waals surface area contributed by atoms with Crippen molar-refractivity contribution in [2.24, 2.45) is 0 Å². The Balaban J connectivity index is 2.00. The second-order valence-corrected chi connectivity index (χ2v) is 8.58. The third-order valence-electron chi connectivity index (χ3n) is 3.93. The molecule has 0 spiro atoms. The third kappa shape index (κ3) is 2.97. The molecule has 0 aliphatic heterocycles. The Bertz CT molecular complexity index is 1000. The Hall–Kier alpha value is -2.12. The number of nitrogens with one attached hydrogen (secondary N) is 1. The van der Waals surface area contributed by atoms with Crippen LogP contribution in [0.3, 0.4) is 0 Å². The number of sulfonamides is 1. The van der Waals surface area contributed by atoms with Gasteiger partial charge in [-0.2, -0.15) is 0 Å². The van der Waals surface area contributed by atoms with Crippen LogP contribution in [-0.4, -0.2) is 13.6 Å². The zero-order valence-electron chi connectivity index (χ0n) is 13.9. The van der Waals surface area contributed by atoms with Crippen molar-refractivity contribution in [3.05, 3.63) is 52.0 Å². The molecule has 1 N–H and O–H groups in total. The number of hydrogen-bond donors (Lipinski definition) is 1. The van der Waals surface area contributed by atoms with Gasteiger partial charge in [-0.1, -0.05) is 23.4 Å². The van der Waals surface area contributed by atoms with Crippen LogP contribution in [0, 0.1) is 27.7 Å². The molecule has 0 fully saturated rings. The van der Waals surface area contributed by atoms with E-state index < -0.39 is 10.0 Å². The minimum atomic E-state index is -3.66. The van der Waals surface area contributed by atoms with Crippen LogP contribution < -0.4 is 4.72 Å². The number of para-hydroxylation sites is 1. The predicted molar refractivity (Wildman–Crippen MR) is 96.0 cm³/mol. The molecule has 2 aromatic heterocycles. The van der Waals surface area contributed by atoms with E-state index in [1.165, 1.54) is 11.3 Å². The molecule has 126 valence electrons. The Morgan fingerprint density at radius 1 is 1.12 bits per heavy atom. The smallest absolute Gasteiger partial charge is 0.263 e. The Morgan fingerprint density at radius 3 is 2.46 bits per heavy atom. The van der Waals surface area contributed by atoms with E-state index in [0.29, 0.717) is 16.3 Å². The first-order valence-electron chi connectivity index (χ1n) is 7.41. The summed E-state index contributed by atoms with van der Waals surface area (Å²) in [6.07, 6.45) is 0. The lowest BCUT2D eigenvalue weighted by Gasteiger charge is -2.09. The van der Waals surface area contributed by atoms with Crippen LogP contribution in [0.1, 0.15) is 21.7 Å². The van der Waals surface area contributed by atoms with Crippen molar-refractivity contribution in [1.29, 1.82) is 0 Å². The van der Waals surface area contributed by atoms with Gasteiger partial charge in [-0.15, -0.1) is 11.3 Å². The number of aromatic nitrogens is 1. The molecule has 3 aromatic rings. The van der Waals surface area contributed by atoms with Gasteiger partial charge in [0.2, 0.25) is 0 Å². The number of thiophene rings is 1. The zero-order chi connectivity index (χ0) is 17.5. The molecule has 0 bridgehead atoms. The van der Waals surface area contributed by atoms with Crippen LogP contribution >= 0.6 is 11.3 Å². The summed E-state index contributed by atoms with van der Waals surface area (Å²) in [6, 6.07) is 8.94. The molecule has 0 amide bonds. The summed E-state index contributed by atoms with van der Waals surface area (Å²) in [6.45, 7) is 7.43. The normalized spacial score (nSPS) is 11.7. The predicted octanol–water partition coefficient (Wildman–Crippen LogP) is 4.44. The van der Waals surface area contributed by atoms with E-state index >= 15 is 0 Å². The standard InChI is InChI=1S/C17H18N2O3S2/c1-10-7-5-6-8-14(10)19-24(20,21)16-9-15(23-13(16)4)17-11(2)12(3)18-22-17/h5-9,19H,1-4H3. The lowest BCUT2D eigenvalue weighted by atomic mass is 10.2. The van der Waals surface area contributed by atoms with Gasteiger partial charge in [-0.05, 0) is 45.4 Å². The molecular formula is C17H18N2O3S2. The fraction of sp³-hybridized carbons (Fsp3) is 0.235. The van der Waals surface area contributed by atoms with Crippen molar-refractivity contribution < 1.29 is 12.9 Å². The highest BCUT2D eigenvalue weighted by Crippen LogP contribution is 2.36. The quantitative estimate of drug-likeness (QED) is 0.745. The van der Waals surface area contributed by atoms with Crippen LogP contribution in [-0.2, 0) is 10.0 Å². The van der Waals surface area contributed by atoms with Crippen LogP contribution in [0.15, 0.2) is 39.8 Å². The SMILES string of the molecule is Cc1ccccc1NS(=O)(=O)c1cc(-c2onc(C)c2C)sc1C. The molecule has 0 atom stereocenters. The van der Waals surface area contributed by atoms with E-state index in [9.17, 15) is 8.42 Å². The summed E-state index contributed by atoms with van der Waals surface area (Å²) in [4.78, 5) is 1.73. The van der Waals surface area contributed by atoms with E-state index in [1.54, 1.807) is 25.1 Å². The Morgan fingerprint density at radius 2 is 1.83 bits per heavy atom. The summed E-state index contributed by atoms with van der Waals surface area (Å²) < 4.78 is 33.5. The topological polar surface area (TPSA) is 72.2 Å². The average Bonchev–Trinajstić information content (AvgIpc) is 3.06. The molecule has 2 heterocycles. The molecule has 0 aliphatic rings. The van der Waals surface area contributed by atoms with Crippen LogP contribution in [0.5, 0.6) is 0 Å². The number of benzene rings is 1. The largest absolute Gasteiger partial charge is 0.355 e. The van der Waals surface area contributed by atoms with Gasteiger partial charge in [0.15, 0.2) is 5.76 Å². The van der Waals surface area contributed by atoms with Crippen molar-refractivity contribution in [3.8, 4) is 10.6 Å². The molecule has 1 aromatic carbocycles. The molecule has 3 rings (SSSR count). The van der Waals surface area contributed by atoms with E-state index in [1.807, 2.05) is 32.9 Å². The number of hydrogen-bond acceptors (Lipinski definition) is 5. The fourth-order valence-electron chi connectivity index (χ4n) is 2.38. The van der Waals surface area contributed by atoms with Gasteiger partial charge in [-0.25, -0.2) is 8.42 Å². The van der Waals surface area contributed by atoms with Crippen molar-refractivity contribution in [2.75, 3.05) is 4.72 Å². The molecular weight excluding hydrogens is 344 g/mol. The summed E-state index contributed by atoms with van der Waals surface area (Å²) in [5.41, 5.74) is 3.18. The summed E-state index contributed by atoms with van der Waals surface area (Å²) in [5.74, 6) is 0.623. The monoisotopic (exact) mass is 362 g/mol. The van der Waals surface area contributed by atoms with E-state index in [0.717, 1.165) is 21.7 Å². The highest BCUT2D eigenvalue weighted by atomic mass is 32.2. The molecule has 0 radical (unpaired) electrons. The molecule has 24 heavy (non-hydrogen) atoms. The molecule has 7 heteroatoms. The second kappa shape index (κ2) is 6.07. The summed E-state index contributed by atoms with van der Waals surface area (Å²) in [5, 5.41) is 3.94. The van der Waals surface area contributed by atoms with Crippen LogP contribution in [0.4, 0.5) is 5.69 Å². The first-order chi connectivity index (χ1) is 11.3. The van der Waals surface area contributed by atoms with Crippen molar-refractivity contribution in [1.82, 2.24) is 5.16 Å². The Labute approximate surface area is 145 Å². The molecule has 0 unspecified atom stereocenters. The maximum atomic E-state index is 12.8. The summed E-state index contributed by atoms with van der Waals surface area (Å²) >= 11 is 1.38. The second-order valence-electron chi connectivity index (χ2n) is 5.67. The molecule has 0 aliphatic carbocycles. The van der Waals surface area contributed by atoms with Gasteiger partial charge in [0, 0.05) is 10.4 Å². The average molecular weight is 362 g/mol. The van der Waals surface area contributed by atoms with E-state index in [4.69, 9.17) is 4.52 Å². The van der Waals surface area contributed by atoms with Gasteiger partial charge >= 0.3 is 0 Å². The minimum absolute atomic E-state index is 0.263. The zero-order valence-corrected chi connectivity index (χ0v) is 15.5. The number of nitrogens with zero attached hydrogens (tertiary/aromatic N) is 1. The van der Waals surface area contributed by atoms with Crippen molar-refractivity contribution in [3.63, 3.8) is 0 Å². The number of rotatable bonds is 4. The van der Waals surface area contributed by atoms with E-state index in [2.05, 4.69) is 9.88 Å². The van der Waals surface area contributed by atoms with Crippen LogP contribution in [0.25, 0.3) is 10.6 Å². The minimum Gasteiger partial charge on any atom is -0.355 e.